The Morgan fingerprint density at radius 2 is 1.53 bits per heavy atom. The van der Waals surface area contributed by atoms with Gasteiger partial charge in [-0.25, -0.2) is 8.42 Å². The van der Waals surface area contributed by atoms with E-state index in [4.69, 9.17) is 0 Å². The summed E-state index contributed by atoms with van der Waals surface area (Å²) in [5.41, 5.74) is 0. The standard InChI is InChI=1S/C14H23NO3S/c1-11(2)9-15(10-12(3)4)19(17,18)14-8-6-5-7-13(14)16/h5-8,11-12,16H,9-10H2,1-4H3. The Hall–Kier alpha value is -1.07. The fraction of sp³-hybridized carbons (Fsp3) is 0.571. The zero-order valence-corrected chi connectivity index (χ0v) is 12.8. The van der Waals surface area contributed by atoms with Crippen molar-refractivity contribution in [3.63, 3.8) is 0 Å². The maximum absolute atomic E-state index is 12.6. The maximum Gasteiger partial charge on any atom is 0.246 e. The molecule has 5 heteroatoms. The molecule has 1 N–H and O–H groups in total. The second-order valence-electron chi connectivity index (χ2n) is 5.58. The smallest absolute Gasteiger partial charge is 0.246 e. The van der Waals surface area contributed by atoms with E-state index in [0.717, 1.165) is 0 Å². The summed E-state index contributed by atoms with van der Waals surface area (Å²) >= 11 is 0. The van der Waals surface area contributed by atoms with E-state index >= 15 is 0 Å². The highest BCUT2D eigenvalue weighted by Crippen LogP contribution is 2.26. The van der Waals surface area contributed by atoms with Crippen LogP contribution >= 0.6 is 0 Å². The molecular weight excluding hydrogens is 262 g/mol. The number of aromatic hydroxyl groups is 1. The van der Waals surface area contributed by atoms with Gasteiger partial charge in [0.25, 0.3) is 0 Å². The van der Waals surface area contributed by atoms with E-state index in [1.54, 1.807) is 12.1 Å². The van der Waals surface area contributed by atoms with E-state index in [1.165, 1.54) is 16.4 Å². The fourth-order valence-electron chi connectivity index (χ4n) is 1.90. The number of rotatable bonds is 6. The molecule has 0 aromatic heterocycles. The van der Waals surface area contributed by atoms with Crippen LogP contribution in [-0.4, -0.2) is 30.9 Å². The molecule has 1 aromatic rings. The average Bonchev–Trinajstić information content (AvgIpc) is 2.27. The highest BCUT2D eigenvalue weighted by atomic mass is 32.2. The van der Waals surface area contributed by atoms with Gasteiger partial charge in [0.2, 0.25) is 10.0 Å². The van der Waals surface area contributed by atoms with E-state index in [9.17, 15) is 13.5 Å². The van der Waals surface area contributed by atoms with Crippen molar-refractivity contribution in [1.29, 1.82) is 0 Å². The number of para-hydroxylation sites is 1. The Balaban J connectivity index is 3.16. The number of phenolic OH excluding ortho intramolecular Hbond substituents is 1. The third-order valence-electron chi connectivity index (χ3n) is 2.62. The van der Waals surface area contributed by atoms with Crippen molar-refractivity contribution in [1.82, 2.24) is 4.31 Å². The number of hydrogen-bond donors (Lipinski definition) is 1. The molecule has 0 spiro atoms. The molecule has 0 fully saturated rings. The minimum atomic E-state index is -3.64. The molecule has 0 amide bonds. The minimum absolute atomic E-state index is 0.0173. The van der Waals surface area contributed by atoms with Gasteiger partial charge in [0.05, 0.1) is 0 Å². The van der Waals surface area contributed by atoms with Gasteiger partial charge in [0, 0.05) is 13.1 Å². The van der Waals surface area contributed by atoms with E-state index < -0.39 is 10.0 Å². The van der Waals surface area contributed by atoms with Crippen LogP contribution in [-0.2, 0) is 10.0 Å². The number of hydrogen-bond acceptors (Lipinski definition) is 3. The molecule has 0 saturated heterocycles. The van der Waals surface area contributed by atoms with Gasteiger partial charge in [-0.2, -0.15) is 4.31 Å². The first kappa shape index (κ1) is 16.0. The highest BCUT2D eigenvalue weighted by Gasteiger charge is 2.27. The molecule has 0 unspecified atom stereocenters. The van der Waals surface area contributed by atoms with Crippen LogP contribution in [0.15, 0.2) is 29.2 Å². The normalized spacial score (nSPS) is 12.6. The molecule has 0 heterocycles. The summed E-state index contributed by atoms with van der Waals surface area (Å²) in [5, 5.41) is 9.76. The van der Waals surface area contributed by atoms with Crippen LogP contribution in [0.1, 0.15) is 27.7 Å². The molecule has 108 valence electrons. The molecule has 0 bridgehead atoms. The fourth-order valence-corrected chi connectivity index (χ4v) is 3.75. The van der Waals surface area contributed by atoms with Crippen molar-refractivity contribution in [3.8, 4) is 5.75 Å². The quantitative estimate of drug-likeness (QED) is 0.874. The minimum Gasteiger partial charge on any atom is -0.507 e. The van der Waals surface area contributed by atoms with Crippen LogP contribution in [0.2, 0.25) is 0 Å². The highest BCUT2D eigenvalue weighted by molar-refractivity contribution is 7.89. The third-order valence-corrected chi connectivity index (χ3v) is 4.50. The predicted molar refractivity (Wildman–Crippen MR) is 76.5 cm³/mol. The molecule has 1 aromatic carbocycles. The lowest BCUT2D eigenvalue weighted by Gasteiger charge is -2.25. The van der Waals surface area contributed by atoms with Crippen molar-refractivity contribution in [2.24, 2.45) is 11.8 Å². The Labute approximate surface area is 116 Å². The number of sulfonamides is 1. The summed E-state index contributed by atoms with van der Waals surface area (Å²) in [4.78, 5) is -0.0173. The van der Waals surface area contributed by atoms with Crippen LogP contribution in [0.3, 0.4) is 0 Å². The van der Waals surface area contributed by atoms with Gasteiger partial charge in [-0.05, 0) is 24.0 Å². The Kier molecular flexibility index (Phi) is 5.38. The zero-order chi connectivity index (χ0) is 14.6. The second-order valence-corrected chi connectivity index (χ2v) is 7.48. The van der Waals surface area contributed by atoms with E-state index in [2.05, 4.69) is 0 Å². The molecule has 0 aliphatic heterocycles. The monoisotopic (exact) mass is 285 g/mol. The molecular formula is C14H23NO3S. The van der Waals surface area contributed by atoms with Crippen molar-refractivity contribution >= 4 is 10.0 Å². The van der Waals surface area contributed by atoms with E-state index in [0.29, 0.717) is 13.1 Å². The van der Waals surface area contributed by atoms with Gasteiger partial charge in [-0.15, -0.1) is 0 Å². The lowest BCUT2D eigenvalue weighted by Crippen LogP contribution is -2.37. The molecule has 0 radical (unpaired) electrons. The van der Waals surface area contributed by atoms with Crippen molar-refractivity contribution < 1.29 is 13.5 Å². The lowest BCUT2D eigenvalue weighted by atomic mass is 10.2. The summed E-state index contributed by atoms with van der Waals surface area (Å²) in [5.74, 6) is 0.277. The van der Waals surface area contributed by atoms with Crippen LogP contribution < -0.4 is 0 Å². The SMILES string of the molecule is CC(C)CN(CC(C)C)S(=O)(=O)c1ccccc1O. The number of phenols is 1. The second kappa shape index (κ2) is 6.39. The van der Waals surface area contributed by atoms with Gasteiger partial charge >= 0.3 is 0 Å². The first-order valence-electron chi connectivity index (χ1n) is 6.53. The van der Waals surface area contributed by atoms with Gasteiger partial charge < -0.3 is 5.11 Å². The maximum atomic E-state index is 12.6. The van der Waals surface area contributed by atoms with Crippen molar-refractivity contribution in [3.05, 3.63) is 24.3 Å². The zero-order valence-electron chi connectivity index (χ0n) is 12.0. The average molecular weight is 285 g/mol. The summed E-state index contributed by atoms with van der Waals surface area (Å²) < 4.78 is 26.6. The predicted octanol–water partition coefficient (Wildman–Crippen LogP) is 2.69. The lowest BCUT2D eigenvalue weighted by molar-refractivity contribution is 0.331. The molecule has 0 aliphatic carbocycles. The molecule has 1 rings (SSSR count). The van der Waals surface area contributed by atoms with Gasteiger partial charge in [-0.3, -0.25) is 0 Å². The van der Waals surface area contributed by atoms with Gasteiger partial charge in [-0.1, -0.05) is 39.8 Å². The molecule has 19 heavy (non-hydrogen) atoms. The Bertz CT molecular complexity index is 499. The molecule has 4 nitrogen and oxygen atoms in total. The summed E-state index contributed by atoms with van der Waals surface area (Å²) in [6, 6.07) is 6.08. The van der Waals surface area contributed by atoms with Crippen LogP contribution in [0.5, 0.6) is 5.75 Å². The first-order chi connectivity index (χ1) is 8.75. The van der Waals surface area contributed by atoms with Crippen LogP contribution in [0.4, 0.5) is 0 Å². The third kappa shape index (κ3) is 4.21. The van der Waals surface area contributed by atoms with Crippen LogP contribution in [0, 0.1) is 11.8 Å². The summed E-state index contributed by atoms with van der Waals surface area (Å²) in [6.45, 7) is 8.83. The van der Waals surface area contributed by atoms with Crippen LogP contribution in [0.25, 0.3) is 0 Å². The summed E-state index contributed by atoms with van der Waals surface area (Å²) in [6.07, 6.45) is 0. The van der Waals surface area contributed by atoms with E-state index in [-0.39, 0.29) is 22.5 Å². The molecule has 0 atom stereocenters. The van der Waals surface area contributed by atoms with E-state index in [1.807, 2.05) is 27.7 Å². The first-order valence-corrected chi connectivity index (χ1v) is 7.97. The van der Waals surface area contributed by atoms with Gasteiger partial charge in [0.1, 0.15) is 10.6 Å². The number of benzene rings is 1. The van der Waals surface area contributed by atoms with Crippen molar-refractivity contribution in [2.45, 2.75) is 32.6 Å². The molecule has 0 saturated carbocycles. The largest absolute Gasteiger partial charge is 0.507 e. The summed E-state index contributed by atoms with van der Waals surface area (Å²) in [7, 11) is -3.64. The van der Waals surface area contributed by atoms with Gasteiger partial charge in [0.15, 0.2) is 0 Å². The Morgan fingerprint density at radius 3 is 1.95 bits per heavy atom. The Morgan fingerprint density at radius 1 is 1.05 bits per heavy atom. The van der Waals surface area contributed by atoms with Crippen molar-refractivity contribution in [2.75, 3.05) is 13.1 Å². The topological polar surface area (TPSA) is 57.6 Å². The number of nitrogens with zero attached hydrogens (tertiary/aromatic N) is 1. The molecule has 0 aliphatic rings.